The Morgan fingerprint density at radius 3 is 2.67 bits per heavy atom. The number of nitrogens with zero attached hydrogens (tertiary/aromatic N) is 1. The molecule has 0 fully saturated rings. The number of halogens is 1. The van der Waals surface area contributed by atoms with E-state index in [2.05, 4.69) is 4.98 Å². The van der Waals surface area contributed by atoms with E-state index in [0.29, 0.717) is 17.5 Å². The number of pyridine rings is 1. The van der Waals surface area contributed by atoms with Gasteiger partial charge in [0.1, 0.15) is 0 Å². The zero-order valence-corrected chi connectivity index (χ0v) is 11.2. The number of hydrogen-bond donors (Lipinski definition) is 3. The molecule has 0 aliphatic carbocycles. The zero-order chi connectivity index (χ0) is 15.0. The lowest BCUT2D eigenvalue weighted by molar-refractivity contribution is -0.0233. The van der Waals surface area contributed by atoms with Gasteiger partial charge in [0.25, 0.3) is 0 Å². The van der Waals surface area contributed by atoms with E-state index in [-0.39, 0.29) is 12.6 Å². The van der Waals surface area contributed by atoms with E-state index in [4.69, 9.17) is 10.5 Å². The smallest absolute Gasteiger partial charge is 0.194 e. The highest BCUT2D eigenvalue weighted by atomic mass is 19.1. The molecule has 110 valence electrons. The number of aromatic hydroxyl groups is 2. The fourth-order valence-electron chi connectivity index (χ4n) is 2.65. The number of hydrogen-bond acceptors (Lipinski definition) is 5. The van der Waals surface area contributed by atoms with Crippen LogP contribution in [-0.4, -0.2) is 21.7 Å². The fraction of sp³-hybridized carbons (Fsp3) is 0.267. The quantitative estimate of drug-likeness (QED) is 0.736. The summed E-state index contributed by atoms with van der Waals surface area (Å²) in [6.45, 7) is 0.151. The van der Waals surface area contributed by atoms with E-state index < -0.39 is 23.4 Å². The van der Waals surface area contributed by atoms with Gasteiger partial charge in [0.15, 0.2) is 17.3 Å². The summed E-state index contributed by atoms with van der Waals surface area (Å²) >= 11 is 0. The maximum atomic E-state index is 13.6. The minimum Gasteiger partial charge on any atom is -0.504 e. The van der Waals surface area contributed by atoms with Crippen LogP contribution in [-0.2, 0) is 11.2 Å². The van der Waals surface area contributed by atoms with Gasteiger partial charge in [0.2, 0.25) is 0 Å². The largest absolute Gasteiger partial charge is 0.504 e. The molecular formula is C15H15FN2O3. The van der Waals surface area contributed by atoms with Crippen LogP contribution in [0.15, 0.2) is 30.6 Å². The Hall–Kier alpha value is -2.18. The maximum absolute atomic E-state index is 13.6. The first-order chi connectivity index (χ1) is 10.1. The average molecular weight is 290 g/mol. The second-order valence-electron chi connectivity index (χ2n) is 4.96. The molecule has 2 unspecified atom stereocenters. The predicted octanol–water partition coefficient (Wildman–Crippen LogP) is 1.95. The Labute approximate surface area is 120 Å². The van der Waals surface area contributed by atoms with Crippen LogP contribution >= 0.6 is 0 Å². The fourth-order valence-corrected chi connectivity index (χ4v) is 2.65. The molecule has 2 atom stereocenters. The lowest BCUT2D eigenvalue weighted by atomic mass is 9.90. The second-order valence-corrected chi connectivity index (χ2v) is 4.96. The summed E-state index contributed by atoms with van der Waals surface area (Å²) in [7, 11) is 0. The zero-order valence-electron chi connectivity index (χ0n) is 11.2. The van der Waals surface area contributed by atoms with Gasteiger partial charge in [-0.05, 0) is 29.3 Å². The normalized spacial score (nSPS) is 21.0. The summed E-state index contributed by atoms with van der Waals surface area (Å²) in [5, 5.41) is 19.6. The number of phenolic OH excluding ortho intramolecular Hbond substituents is 2. The Kier molecular flexibility index (Phi) is 3.48. The van der Waals surface area contributed by atoms with Crippen LogP contribution in [0, 0.1) is 5.82 Å². The van der Waals surface area contributed by atoms with Crippen molar-refractivity contribution in [3.8, 4) is 11.5 Å². The highest BCUT2D eigenvalue weighted by Gasteiger charge is 2.32. The summed E-state index contributed by atoms with van der Waals surface area (Å²) in [6.07, 6.45) is 2.76. The van der Waals surface area contributed by atoms with E-state index in [0.717, 1.165) is 5.56 Å². The molecule has 1 aromatic heterocycles. The topological polar surface area (TPSA) is 88.6 Å². The number of benzene rings is 1. The number of fused-ring (bicyclic) bond motifs is 1. The van der Waals surface area contributed by atoms with Crippen LogP contribution in [0.3, 0.4) is 0 Å². The number of nitrogens with two attached hydrogens (primary N) is 1. The molecule has 2 heterocycles. The molecule has 0 saturated carbocycles. The van der Waals surface area contributed by atoms with Crippen molar-refractivity contribution >= 4 is 0 Å². The summed E-state index contributed by atoms with van der Waals surface area (Å²) < 4.78 is 19.5. The number of aromatic nitrogens is 1. The summed E-state index contributed by atoms with van der Waals surface area (Å²) in [5.41, 5.74) is 7.53. The van der Waals surface area contributed by atoms with Gasteiger partial charge in [0.05, 0.1) is 12.2 Å². The molecule has 0 radical (unpaired) electrons. The molecule has 0 amide bonds. The Balaban J connectivity index is 2.06. The molecule has 0 saturated heterocycles. The van der Waals surface area contributed by atoms with Crippen LogP contribution in [0.1, 0.15) is 28.9 Å². The Morgan fingerprint density at radius 2 is 2.00 bits per heavy atom. The van der Waals surface area contributed by atoms with Gasteiger partial charge in [0, 0.05) is 30.9 Å². The van der Waals surface area contributed by atoms with Gasteiger partial charge in [-0.2, -0.15) is 0 Å². The van der Waals surface area contributed by atoms with E-state index in [1.165, 1.54) is 6.07 Å². The maximum Gasteiger partial charge on any atom is 0.194 e. The third-order valence-corrected chi connectivity index (χ3v) is 3.72. The van der Waals surface area contributed by atoms with E-state index in [9.17, 15) is 14.6 Å². The summed E-state index contributed by atoms with van der Waals surface area (Å²) in [5.74, 6) is -2.05. The first-order valence-electron chi connectivity index (χ1n) is 6.60. The molecule has 4 N–H and O–H groups in total. The molecule has 1 aliphatic rings. The van der Waals surface area contributed by atoms with Crippen molar-refractivity contribution < 1.29 is 19.3 Å². The van der Waals surface area contributed by atoms with Gasteiger partial charge >= 0.3 is 0 Å². The van der Waals surface area contributed by atoms with Crippen LogP contribution in [0.2, 0.25) is 0 Å². The van der Waals surface area contributed by atoms with Gasteiger partial charge < -0.3 is 20.7 Å². The lowest BCUT2D eigenvalue weighted by Gasteiger charge is -2.32. The molecule has 0 spiro atoms. The molecule has 1 aliphatic heterocycles. The van der Waals surface area contributed by atoms with Gasteiger partial charge in [-0.25, -0.2) is 4.39 Å². The molecule has 5 nitrogen and oxygen atoms in total. The summed E-state index contributed by atoms with van der Waals surface area (Å²) in [4.78, 5) is 3.95. The molecule has 2 aromatic rings. The van der Waals surface area contributed by atoms with Gasteiger partial charge in [-0.3, -0.25) is 4.98 Å². The highest BCUT2D eigenvalue weighted by Crippen LogP contribution is 2.44. The molecule has 6 heteroatoms. The van der Waals surface area contributed by atoms with Crippen LogP contribution in [0.5, 0.6) is 11.5 Å². The van der Waals surface area contributed by atoms with Crippen molar-refractivity contribution in [3.63, 3.8) is 0 Å². The number of phenols is 2. The van der Waals surface area contributed by atoms with Crippen LogP contribution in [0.4, 0.5) is 4.39 Å². The highest BCUT2D eigenvalue weighted by molar-refractivity contribution is 5.52. The third kappa shape index (κ3) is 2.32. The van der Waals surface area contributed by atoms with Crippen LogP contribution < -0.4 is 5.73 Å². The van der Waals surface area contributed by atoms with Crippen LogP contribution in [0.25, 0.3) is 0 Å². The van der Waals surface area contributed by atoms with Crippen molar-refractivity contribution in [1.29, 1.82) is 0 Å². The van der Waals surface area contributed by atoms with Crippen molar-refractivity contribution in [2.45, 2.75) is 18.6 Å². The predicted molar refractivity (Wildman–Crippen MR) is 73.3 cm³/mol. The minimum atomic E-state index is -0.879. The first-order valence-corrected chi connectivity index (χ1v) is 6.60. The van der Waals surface area contributed by atoms with E-state index in [1.807, 2.05) is 12.1 Å². The van der Waals surface area contributed by atoms with Crippen molar-refractivity contribution in [2.75, 3.05) is 6.54 Å². The number of rotatable bonds is 2. The molecule has 1 aromatic carbocycles. The molecular weight excluding hydrogens is 275 g/mol. The third-order valence-electron chi connectivity index (χ3n) is 3.72. The standard InChI is InChI=1S/C15H15FN2O3/c16-11-5-9-10(14(19)15(11)20)6-12(21-13(9)7-17)8-1-3-18-4-2-8/h1-5,12-13,19-20H,6-7,17H2. The monoisotopic (exact) mass is 290 g/mol. The van der Waals surface area contributed by atoms with Crippen molar-refractivity contribution in [3.05, 3.63) is 53.1 Å². The summed E-state index contributed by atoms with van der Waals surface area (Å²) in [6, 6.07) is 4.79. The van der Waals surface area contributed by atoms with Gasteiger partial charge in [-0.1, -0.05) is 0 Å². The second kappa shape index (κ2) is 5.31. The Morgan fingerprint density at radius 1 is 1.29 bits per heavy atom. The Bertz CT molecular complexity index is 664. The van der Waals surface area contributed by atoms with Gasteiger partial charge in [-0.15, -0.1) is 0 Å². The molecule has 3 rings (SSSR count). The average Bonchev–Trinajstić information content (AvgIpc) is 2.53. The first kappa shape index (κ1) is 13.8. The molecule has 0 bridgehead atoms. The lowest BCUT2D eigenvalue weighted by Crippen LogP contribution is -2.26. The van der Waals surface area contributed by atoms with E-state index >= 15 is 0 Å². The van der Waals surface area contributed by atoms with Crippen molar-refractivity contribution in [2.24, 2.45) is 5.73 Å². The number of ether oxygens (including phenoxy) is 1. The SMILES string of the molecule is NCC1OC(c2ccncc2)Cc2c1cc(F)c(O)c2O. The molecule has 21 heavy (non-hydrogen) atoms. The van der Waals surface area contributed by atoms with E-state index in [1.54, 1.807) is 12.4 Å². The van der Waals surface area contributed by atoms with Crippen molar-refractivity contribution in [1.82, 2.24) is 4.98 Å². The minimum absolute atomic E-state index is 0.151.